The molecule has 0 aliphatic heterocycles. The van der Waals surface area contributed by atoms with E-state index < -0.39 is 17.5 Å². The van der Waals surface area contributed by atoms with Gasteiger partial charge in [0.2, 0.25) is 5.88 Å². The zero-order valence-electron chi connectivity index (χ0n) is 15.3. The molecule has 0 amide bonds. The lowest BCUT2D eigenvalue weighted by Crippen LogP contribution is -2.08. The van der Waals surface area contributed by atoms with E-state index in [1.54, 1.807) is 22.9 Å². The molecular formula is C21H18F3N3O. The van der Waals surface area contributed by atoms with Crippen LogP contribution >= 0.6 is 0 Å². The molecule has 3 aromatic rings. The summed E-state index contributed by atoms with van der Waals surface area (Å²) in [5.74, 6) is -2.89. The molecule has 28 heavy (non-hydrogen) atoms. The van der Waals surface area contributed by atoms with Crippen LogP contribution in [0.25, 0.3) is 4.85 Å². The molecule has 0 radical (unpaired) electrons. The van der Waals surface area contributed by atoms with Crippen molar-refractivity contribution in [3.63, 3.8) is 0 Å². The van der Waals surface area contributed by atoms with Crippen molar-refractivity contribution in [1.29, 1.82) is 0 Å². The van der Waals surface area contributed by atoms with E-state index in [9.17, 15) is 13.2 Å². The Hall–Kier alpha value is -3.27. The highest BCUT2D eigenvalue weighted by Gasteiger charge is 2.14. The molecule has 0 aliphatic rings. The van der Waals surface area contributed by atoms with Crippen LogP contribution in [0.2, 0.25) is 0 Å². The Labute approximate surface area is 161 Å². The van der Waals surface area contributed by atoms with Gasteiger partial charge in [-0.1, -0.05) is 37.6 Å². The SMILES string of the molecule is [C-]#[N+]c1ccccc1Cn1nc(CCC)cc1OCc1cc(F)c(F)cc1F. The molecule has 0 bridgehead atoms. The second-order valence-electron chi connectivity index (χ2n) is 6.27. The third kappa shape index (κ3) is 4.34. The van der Waals surface area contributed by atoms with Crippen molar-refractivity contribution in [2.24, 2.45) is 0 Å². The lowest BCUT2D eigenvalue weighted by molar-refractivity contribution is 0.269. The van der Waals surface area contributed by atoms with Crippen LogP contribution in [0.15, 0.2) is 42.5 Å². The molecule has 4 nitrogen and oxygen atoms in total. The average Bonchev–Trinajstić information content (AvgIpc) is 3.05. The molecule has 0 saturated carbocycles. The van der Waals surface area contributed by atoms with Crippen LogP contribution in [-0.4, -0.2) is 9.78 Å². The normalized spacial score (nSPS) is 10.7. The zero-order valence-corrected chi connectivity index (χ0v) is 15.3. The number of hydrogen-bond donors (Lipinski definition) is 0. The Morgan fingerprint density at radius 2 is 1.79 bits per heavy atom. The van der Waals surface area contributed by atoms with Gasteiger partial charge in [-0.05, 0) is 18.1 Å². The van der Waals surface area contributed by atoms with E-state index in [0.29, 0.717) is 24.2 Å². The van der Waals surface area contributed by atoms with Gasteiger partial charge in [0, 0.05) is 17.7 Å². The molecule has 7 heteroatoms. The molecule has 0 aliphatic carbocycles. The Morgan fingerprint density at radius 1 is 1.04 bits per heavy atom. The van der Waals surface area contributed by atoms with E-state index in [0.717, 1.165) is 30.2 Å². The van der Waals surface area contributed by atoms with Gasteiger partial charge in [-0.15, -0.1) is 0 Å². The minimum atomic E-state index is -1.24. The first kappa shape index (κ1) is 19.5. The van der Waals surface area contributed by atoms with Gasteiger partial charge in [-0.25, -0.2) is 22.7 Å². The summed E-state index contributed by atoms with van der Waals surface area (Å²) in [6.45, 7) is 9.33. The number of aromatic nitrogens is 2. The molecule has 0 saturated heterocycles. The fourth-order valence-electron chi connectivity index (χ4n) is 2.80. The van der Waals surface area contributed by atoms with E-state index in [2.05, 4.69) is 9.94 Å². The van der Waals surface area contributed by atoms with Crippen LogP contribution in [0.4, 0.5) is 18.9 Å². The molecular weight excluding hydrogens is 367 g/mol. The maximum Gasteiger partial charge on any atom is 0.212 e. The van der Waals surface area contributed by atoms with Gasteiger partial charge >= 0.3 is 0 Å². The Balaban J connectivity index is 1.86. The number of ether oxygens (including phenoxy) is 1. The maximum atomic E-state index is 13.9. The van der Waals surface area contributed by atoms with Gasteiger partial charge in [-0.2, -0.15) is 5.10 Å². The summed E-state index contributed by atoms with van der Waals surface area (Å²) in [5.41, 5.74) is 1.98. The molecule has 1 aromatic heterocycles. The number of hydrogen-bond acceptors (Lipinski definition) is 2. The number of para-hydroxylation sites is 1. The highest BCUT2D eigenvalue weighted by atomic mass is 19.2. The molecule has 0 atom stereocenters. The Kier molecular flexibility index (Phi) is 5.99. The molecule has 3 rings (SSSR count). The highest BCUT2D eigenvalue weighted by Crippen LogP contribution is 2.24. The monoisotopic (exact) mass is 385 g/mol. The van der Waals surface area contributed by atoms with Crippen molar-refractivity contribution in [3.05, 3.63) is 88.2 Å². The number of rotatable bonds is 7. The lowest BCUT2D eigenvalue weighted by Gasteiger charge is -2.11. The summed E-state index contributed by atoms with van der Waals surface area (Å²) in [6.07, 6.45) is 1.61. The van der Waals surface area contributed by atoms with Gasteiger partial charge in [0.25, 0.3) is 0 Å². The predicted octanol–water partition coefficient (Wildman–Crippen LogP) is 5.43. The van der Waals surface area contributed by atoms with Crippen LogP contribution in [0.3, 0.4) is 0 Å². The molecule has 0 fully saturated rings. The third-order valence-corrected chi connectivity index (χ3v) is 4.20. The topological polar surface area (TPSA) is 31.4 Å². The summed E-state index contributed by atoms with van der Waals surface area (Å²) in [6, 6.07) is 10.2. The van der Waals surface area contributed by atoms with Crippen molar-refractivity contribution in [1.82, 2.24) is 9.78 Å². The quantitative estimate of drug-likeness (QED) is 0.401. The predicted molar refractivity (Wildman–Crippen MR) is 98.7 cm³/mol. The minimum Gasteiger partial charge on any atom is -0.473 e. The summed E-state index contributed by atoms with van der Waals surface area (Å²) >= 11 is 0. The Morgan fingerprint density at radius 3 is 2.54 bits per heavy atom. The second-order valence-corrected chi connectivity index (χ2v) is 6.27. The fraction of sp³-hybridized carbons (Fsp3) is 0.238. The molecule has 0 N–H and O–H groups in total. The largest absolute Gasteiger partial charge is 0.473 e. The van der Waals surface area contributed by atoms with E-state index in [-0.39, 0.29) is 12.2 Å². The van der Waals surface area contributed by atoms with Gasteiger partial charge in [0.15, 0.2) is 17.3 Å². The standard InChI is InChI=1S/C21H18F3N3O/c1-3-6-16-10-21(28-13-15-9-18(23)19(24)11-17(15)22)27(26-16)12-14-7-4-5-8-20(14)25-2/h4-5,7-11H,3,6,12-13H2,1H3. The fourth-order valence-corrected chi connectivity index (χ4v) is 2.80. The van der Waals surface area contributed by atoms with E-state index in [4.69, 9.17) is 11.3 Å². The van der Waals surface area contributed by atoms with Crippen molar-refractivity contribution in [3.8, 4) is 5.88 Å². The van der Waals surface area contributed by atoms with Gasteiger partial charge < -0.3 is 4.74 Å². The van der Waals surface area contributed by atoms with Gasteiger partial charge in [-0.3, -0.25) is 0 Å². The highest BCUT2D eigenvalue weighted by molar-refractivity contribution is 5.52. The van der Waals surface area contributed by atoms with Crippen LogP contribution < -0.4 is 4.74 Å². The number of nitrogens with zero attached hydrogens (tertiary/aromatic N) is 3. The molecule has 0 spiro atoms. The van der Waals surface area contributed by atoms with Gasteiger partial charge in [0.05, 0.1) is 18.8 Å². The lowest BCUT2D eigenvalue weighted by atomic mass is 10.2. The first-order valence-electron chi connectivity index (χ1n) is 8.80. The molecule has 2 aromatic carbocycles. The smallest absolute Gasteiger partial charge is 0.212 e. The first-order chi connectivity index (χ1) is 13.5. The number of halogens is 3. The minimum absolute atomic E-state index is 0.0924. The van der Waals surface area contributed by atoms with Crippen molar-refractivity contribution in [2.75, 3.05) is 0 Å². The van der Waals surface area contributed by atoms with Crippen molar-refractivity contribution >= 4 is 5.69 Å². The second kappa shape index (κ2) is 8.61. The molecule has 1 heterocycles. The zero-order chi connectivity index (χ0) is 20.1. The van der Waals surface area contributed by atoms with Crippen molar-refractivity contribution in [2.45, 2.75) is 32.9 Å². The molecule has 0 unspecified atom stereocenters. The van der Waals surface area contributed by atoms with E-state index >= 15 is 0 Å². The number of aryl methyl sites for hydroxylation is 1. The van der Waals surface area contributed by atoms with E-state index in [1.165, 1.54) is 0 Å². The summed E-state index contributed by atoms with van der Waals surface area (Å²) < 4.78 is 47.6. The summed E-state index contributed by atoms with van der Waals surface area (Å²) in [5, 5.41) is 4.50. The summed E-state index contributed by atoms with van der Waals surface area (Å²) in [7, 11) is 0. The van der Waals surface area contributed by atoms with Crippen LogP contribution in [0.5, 0.6) is 5.88 Å². The molecule has 144 valence electrons. The average molecular weight is 385 g/mol. The van der Waals surface area contributed by atoms with Crippen LogP contribution in [0.1, 0.15) is 30.2 Å². The maximum absolute atomic E-state index is 13.9. The van der Waals surface area contributed by atoms with E-state index in [1.807, 2.05) is 19.1 Å². The third-order valence-electron chi connectivity index (χ3n) is 4.20. The number of benzene rings is 2. The summed E-state index contributed by atoms with van der Waals surface area (Å²) in [4.78, 5) is 3.50. The Bertz CT molecular complexity index is 1020. The van der Waals surface area contributed by atoms with Crippen LogP contribution in [0, 0.1) is 24.0 Å². The first-order valence-corrected chi connectivity index (χ1v) is 8.80. The van der Waals surface area contributed by atoms with Gasteiger partial charge in [0.1, 0.15) is 12.4 Å². The van der Waals surface area contributed by atoms with Crippen molar-refractivity contribution < 1.29 is 17.9 Å². The van der Waals surface area contributed by atoms with Crippen LogP contribution in [-0.2, 0) is 19.6 Å².